The molecule has 78 valence electrons. The molecule has 0 aliphatic carbocycles. The Balaban J connectivity index is 2.56. The summed E-state index contributed by atoms with van der Waals surface area (Å²) in [4.78, 5) is 12.5. The fraction of sp³-hybridized carbons (Fsp3) is 0.444. The SMILES string of the molecule is C=C(/C=C(\O)C(N)=O)N1CCOCC1. The van der Waals surface area contributed by atoms with Gasteiger partial charge in [0.05, 0.1) is 13.2 Å². The van der Waals surface area contributed by atoms with Gasteiger partial charge in [0.15, 0.2) is 5.76 Å². The first-order valence-electron chi connectivity index (χ1n) is 4.33. The zero-order valence-corrected chi connectivity index (χ0v) is 7.90. The molecule has 1 aliphatic rings. The van der Waals surface area contributed by atoms with E-state index in [1.807, 2.05) is 4.90 Å². The van der Waals surface area contributed by atoms with Gasteiger partial charge in [0.25, 0.3) is 5.91 Å². The van der Waals surface area contributed by atoms with Gasteiger partial charge in [-0.2, -0.15) is 0 Å². The molecule has 0 aromatic heterocycles. The van der Waals surface area contributed by atoms with Crippen LogP contribution in [-0.2, 0) is 9.53 Å². The number of carbonyl (C=O) groups is 1. The lowest BCUT2D eigenvalue weighted by Crippen LogP contribution is -2.35. The van der Waals surface area contributed by atoms with Crippen LogP contribution < -0.4 is 5.73 Å². The molecule has 0 aromatic rings. The molecule has 0 aromatic carbocycles. The van der Waals surface area contributed by atoms with Crippen LogP contribution in [0.15, 0.2) is 24.1 Å². The summed E-state index contributed by atoms with van der Waals surface area (Å²) in [7, 11) is 0. The maximum atomic E-state index is 10.5. The van der Waals surface area contributed by atoms with Crippen molar-refractivity contribution >= 4 is 5.91 Å². The number of aliphatic hydroxyl groups is 1. The lowest BCUT2D eigenvalue weighted by molar-refractivity contribution is -0.116. The normalized spacial score (nSPS) is 18.0. The number of hydrogen-bond acceptors (Lipinski definition) is 4. The van der Waals surface area contributed by atoms with Crippen LogP contribution in [0.2, 0.25) is 0 Å². The smallest absolute Gasteiger partial charge is 0.283 e. The molecule has 3 N–H and O–H groups in total. The van der Waals surface area contributed by atoms with Crippen molar-refractivity contribution in [3.8, 4) is 0 Å². The molecule has 0 saturated carbocycles. The number of amides is 1. The first kappa shape index (κ1) is 10.6. The van der Waals surface area contributed by atoms with E-state index in [4.69, 9.17) is 15.6 Å². The van der Waals surface area contributed by atoms with Crippen molar-refractivity contribution in [3.05, 3.63) is 24.1 Å². The predicted molar refractivity (Wildman–Crippen MR) is 51.4 cm³/mol. The summed E-state index contributed by atoms with van der Waals surface area (Å²) < 4.78 is 5.14. The van der Waals surface area contributed by atoms with E-state index >= 15 is 0 Å². The van der Waals surface area contributed by atoms with E-state index in [-0.39, 0.29) is 0 Å². The summed E-state index contributed by atoms with van der Waals surface area (Å²) in [5, 5.41) is 9.10. The number of nitrogens with two attached hydrogens (primary N) is 1. The van der Waals surface area contributed by atoms with E-state index in [0.717, 1.165) is 0 Å². The molecule has 1 aliphatic heterocycles. The van der Waals surface area contributed by atoms with Gasteiger partial charge in [0, 0.05) is 24.9 Å². The number of hydrogen-bond donors (Lipinski definition) is 2. The minimum Gasteiger partial charge on any atom is -0.503 e. The molecule has 1 fully saturated rings. The summed E-state index contributed by atoms with van der Waals surface area (Å²) in [5.41, 5.74) is 5.45. The van der Waals surface area contributed by atoms with Gasteiger partial charge >= 0.3 is 0 Å². The number of ether oxygens (including phenoxy) is 1. The van der Waals surface area contributed by atoms with Crippen molar-refractivity contribution < 1.29 is 14.6 Å². The van der Waals surface area contributed by atoms with Crippen molar-refractivity contribution in [2.45, 2.75) is 0 Å². The van der Waals surface area contributed by atoms with E-state index in [0.29, 0.717) is 32.0 Å². The molecule has 0 spiro atoms. The number of rotatable bonds is 3. The van der Waals surface area contributed by atoms with Crippen LogP contribution in [0, 0.1) is 0 Å². The predicted octanol–water partition coefficient (Wildman–Crippen LogP) is -0.241. The Morgan fingerprint density at radius 3 is 2.57 bits per heavy atom. The van der Waals surface area contributed by atoms with Crippen LogP contribution in [0.4, 0.5) is 0 Å². The minimum atomic E-state index is -0.848. The van der Waals surface area contributed by atoms with Crippen LogP contribution in [-0.4, -0.2) is 42.2 Å². The quantitative estimate of drug-likeness (QED) is 0.373. The van der Waals surface area contributed by atoms with Gasteiger partial charge < -0.3 is 20.5 Å². The lowest BCUT2D eigenvalue weighted by Gasteiger charge is -2.28. The maximum absolute atomic E-state index is 10.5. The first-order chi connectivity index (χ1) is 6.61. The van der Waals surface area contributed by atoms with Crippen LogP contribution in [0.5, 0.6) is 0 Å². The van der Waals surface area contributed by atoms with E-state index in [9.17, 15) is 4.79 Å². The highest BCUT2D eigenvalue weighted by molar-refractivity contribution is 5.89. The number of nitrogens with zero attached hydrogens (tertiary/aromatic N) is 1. The number of aliphatic hydroxyl groups excluding tert-OH is 1. The number of allylic oxidation sites excluding steroid dienone is 1. The van der Waals surface area contributed by atoms with Crippen molar-refractivity contribution in [1.29, 1.82) is 0 Å². The zero-order chi connectivity index (χ0) is 10.6. The third-order valence-electron chi connectivity index (χ3n) is 1.97. The largest absolute Gasteiger partial charge is 0.503 e. The molecule has 0 radical (unpaired) electrons. The number of primary amides is 1. The van der Waals surface area contributed by atoms with Gasteiger partial charge in [-0.25, -0.2) is 0 Å². The van der Waals surface area contributed by atoms with Crippen LogP contribution in [0.3, 0.4) is 0 Å². The van der Waals surface area contributed by atoms with Crippen molar-refractivity contribution in [2.24, 2.45) is 5.73 Å². The average Bonchev–Trinajstić information content (AvgIpc) is 2.19. The van der Waals surface area contributed by atoms with Gasteiger partial charge in [0.1, 0.15) is 0 Å². The molecular formula is C9H14N2O3. The molecular weight excluding hydrogens is 184 g/mol. The van der Waals surface area contributed by atoms with Gasteiger partial charge in [0.2, 0.25) is 0 Å². The Morgan fingerprint density at radius 1 is 1.50 bits per heavy atom. The third-order valence-corrected chi connectivity index (χ3v) is 1.97. The van der Waals surface area contributed by atoms with E-state index < -0.39 is 11.7 Å². The highest BCUT2D eigenvalue weighted by Gasteiger charge is 2.12. The highest BCUT2D eigenvalue weighted by Crippen LogP contribution is 2.08. The van der Waals surface area contributed by atoms with Crippen molar-refractivity contribution in [3.63, 3.8) is 0 Å². The first-order valence-corrected chi connectivity index (χ1v) is 4.33. The monoisotopic (exact) mass is 198 g/mol. The standard InChI is InChI=1S/C9H14N2O3/c1-7(6-8(12)9(10)13)11-2-4-14-5-3-11/h6,12H,1-5H2,(H2,10,13)/b8-6-. The summed E-state index contributed by atoms with van der Waals surface area (Å²) in [5.74, 6) is -1.32. The molecule has 1 saturated heterocycles. The molecule has 0 unspecified atom stereocenters. The Bertz CT molecular complexity index is 267. The summed E-state index contributed by atoms with van der Waals surface area (Å²) in [6.45, 7) is 6.40. The molecule has 0 bridgehead atoms. The highest BCUT2D eigenvalue weighted by atomic mass is 16.5. The molecule has 5 heteroatoms. The molecule has 1 amide bonds. The van der Waals surface area contributed by atoms with E-state index in [1.165, 1.54) is 6.08 Å². The van der Waals surface area contributed by atoms with Crippen LogP contribution in [0.1, 0.15) is 0 Å². The fourth-order valence-electron chi connectivity index (χ4n) is 1.17. The summed E-state index contributed by atoms with van der Waals surface area (Å²) >= 11 is 0. The maximum Gasteiger partial charge on any atom is 0.283 e. The van der Waals surface area contributed by atoms with E-state index in [1.54, 1.807) is 0 Å². The molecule has 1 heterocycles. The Hall–Kier alpha value is -1.49. The zero-order valence-electron chi connectivity index (χ0n) is 7.90. The average molecular weight is 198 g/mol. The number of carbonyl (C=O) groups excluding carboxylic acids is 1. The summed E-state index contributed by atoms with van der Waals surface area (Å²) in [6.07, 6.45) is 1.27. The van der Waals surface area contributed by atoms with Gasteiger partial charge in [-0.3, -0.25) is 4.79 Å². The number of morpholine rings is 1. The Morgan fingerprint density at radius 2 is 2.07 bits per heavy atom. The van der Waals surface area contributed by atoms with Crippen molar-refractivity contribution in [1.82, 2.24) is 4.90 Å². The third kappa shape index (κ3) is 2.77. The van der Waals surface area contributed by atoms with E-state index in [2.05, 4.69) is 6.58 Å². The topological polar surface area (TPSA) is 75.8 Å². The molecule has 0 atom stereocenters. The molecule has 14 heavy (non-hydrogen) atoms. The van der Waals surface area contributed by atoms with Gasteiger partial charge in [-0.1, -0.05) is 6.58 Å². The lowest BCUT2D eigenvalue weighted by atomic mass is 10.3. The minimum absolute atomic E-state index is 0.471. The Kier molecular flexibility index (Phi) is 3.53. The second kappa shape index (κ2) is 4.66. The molecule has 1 rings (SSSR count). The van der Waals surface area contributed by atoms with Gasteiger partial charge in [-0.05, 0) is 0 Å². The second-order valence-corrected chi connectivity index (χ2v) is 2.98. The Labute approximate surface area is 82.4 Å². The van der Waals surface area contributed by atoms with Gasteiger partial charge in [-0.15, -0.1) is 0 Å². The fourth-order valence-corrected chi connectivity index (χ4v) is 1.17. The van der Waals surface area contributed by atoms with Crippen molar-refractivity contribution in [2.75, 3.05) is 26.3 Å². The van der Waals surface area contributed by atoms with Crippen LogP contribution in [0.25, 0.3) is 0 Å². The molecule has 5 nitrogen and oxygen atoms in total. The van der Waals surface area contributed by atoms with Crippen LogP contribution >= 0.6 is 0 Å². The second-order valence-electron chi connectivity index (χ2n) is 2.98. The summed E-state index contributed by atoms with van der Waals surface area (Å²) in [6, 6.07) is 0.